The molecule has 0 unspecified atom stereocenters. The molecule has 0 fully saturated rings. The number of aromatic nitrogens is 2. The molecule has 0 spiro atoms. The summed E-state index contributed by atoms with van der Waals surface area (Å²) in [6.07, 6.45) is 1.79. The molecule has 2 aromatic rings. The summed E-state index contributed by atoms with van der Waals surface area (Å²) in [6, 6.07) is 3.35. The average molecular weight is 594 g/mol. The number of aryl methyl sites for hydroxylation is 1. The molecule has 0 aliphatic rings. The molecule has 1 aromatic heterocycles. The first-order valence-electron chi connectivity index (χ1n) is 6.40. The lowest BCUT2D eigenvalue weighted by atomic mass is 10.1. The molecule has 24 heavy (non-hydrogen) atoms. The van der Waals surface area contributed by atoms with E-state index < -0.39 is 5.97 Å². The highest BCUT2D eigenvalue weighted by Gasteiger charge is 2.25. The first kappa shape index (κ1) is 19.8. The number of carboxylic acids is 1. The van der Waals surface area contributed by atoms with Crippen LogP contribution in [0.1, 0.15) is 21.6 Å². The molecule has 1 aromatic carbocycles. The van der Waals surface area contributed by atoms with E-state index in [1.54, 1.807) is 37.0 Å². The van der Waals surface area contributed by atoms with Gasteiger partial charge in [-0.2, -0.15) is 5.10 Å². The van der Waals surface area contributed by atoms with Crippen LogP contribution in [0.2, 0.25) is 0 Å². The summed E-state index contributed by atoms with van der Waals surface area (Å²) < 4.78 is 18.3. The fourth-order valence-electron chi connectivity index (χ4n) is 2.00. The summed E-state index contributed by atoms with van der Waals surface area (Å²) in [5.74, 6) is -0.278. The Morgan fingerprint density at radius 2 is 2.00 bits per heavy atom. The van der Waals surface area contributed by atoms with Crippen molar-refractivity contribution in [3.63, 3.8) is 0 Å². The molecule has 0 bridgehead atoms. The number of halogens is 2. The number of ether oxygens (including phenoxy) is 1. The molecule has 0 aliphatic carbocycles. The molecular formula is C13H12I2N2O5S2. The fourth-order valence-corrected chi connectivity index (χ4v) is 3.60. The second-order valence-electron chi connectivity index (χ2n) is 4.57. The Bertz CT molecular complexity index is 741. The maximum absolute atomic E-state index is 11.7. The summed E-state index contributed by atoms with van der Waals surface area (Å²) in [4.78, 5) is 11.7. The molecule has 11 heteroatoms. The normalized spacial score (nSPS) is 10.5. The minimum atomic E-state index is -1.14. The van der Waals surface area contributed by atoms with Crippen LogP contribution in [0.4, 0.5) is 0 Å². The monoisotopic (exact) mass is 594 g/mol. The van der Waals surface area contributed by atoms with Crippen molar-refractivity contribution in [1.29, 1.82) is 0 Å². The molecule has 7 nitrogen and oxygen atoms in total. The highest BCUT2D eigenvalue weighted by Crippen LogP contribution is 2.42. The fraction of sp³-hybridized carbons (Fsp3) is 0.231. The van der Waals surface area contributed by atoms with Gasteiger partial charge in [-0.1, -0.05) is 0 Å². The lowest BCUT2D eigenvalue weighted by molar-refractivity contribution is 0.0689. The van der Waals surface area contributed by atoms with Gasteiger partial charge >= 0.3 is 5.97 Å². The van der Waals surface area contributed by atoms with Crippen molar-refractivity contribution in [2.75, 3.05) is 0 Å². The van der Waals surface area contributed by atoms with E-state index in [9.17, 15) is 9.90 Å². The van der Waals surface area contributed by atoms with Gasteiger partial charge in [0.1, 0.15) is 42.1 Å². The maximum atomic E-state index is 11.7. The van der Waals surface area contributed by atoms with Crippen molar-refractivity contribution in [3.8, 4) is 17.2 Å². The van der Waals surface area contributed by atoms with Crippen molar-refractivity contribution in [2.45, 2.75) is 13.5 Å². The predicted molar refractivity (Wildman–Crippen MR) is 110 cm³/mol. The number of hydrogen-bond donors (Lipinski definition) is 1. The van der Waals surface area contributed by atoms with Crippen molar-refractivity contribution in [1.82, 2.24) is 9.78 Å². The Morgan fingerprint density at radius 1 is 1.33 bits per heavy atom. The lowest BCUT2D eigenvalue weighted by Gasteiger charge is -2.16. The minimum absolute atomic E-state index is 0.0431. The molecular weight excluding hydrogens is 582 g/mol. The van der Waals surface area contributed by atoms with E-state index in [1.165, 1.54) is 0 Å². The molecule has 130 valence electrons. The summed E-state index contributed by atoms with van der Waals surface area (Å²) in [6.45, 7) is 1.88. The average Bonchev–Trinajstić information content (AvgIpc) is 2.94. The van der Waals surface area contributed by atoms with E-state index in [1.807, 2.05) is 42.4 Å². The molecule has 1 heterocycles. The third kappa shape index (κ3) is 4.76. The first-order valence-corrected chi connectivity index (χ1v) is 13.0. The van der Waals surface area contributed by atoms with E-state index >= 15 is 0 Å². The van der Waals surface area contributed by atoms with E-state index in [0.717, 1.165) is 18.4 Å². The third-order valence-corrected chi connectivity index (χ3v) is 4.60. The molecule has 0 atom stereocenters. The van der Waals surface area contributed by atoms with Crippen molar-refractivity contribution in [2.24, 2.45) is 7.05 Å². The zero-order valence-electron chi connectivity index (χ0n) is 12.5. The standard InChI is InChI=1S/C13H12I2N2O5S2/c1-7-9(21-23-14)5-10(22-24-15)11(13(18)19)12(7)20-6-8-3-4-17(2)16-8/h3-5H,6H2,1-2H3,(H,18,19). The number of rotatable bonds is 8. The Morgan fingerprint density at radius 3 is 2.54 bits per heavy atom. The van der Waals surface area contributed by atoms with Crippen LogP contribution in [0.3, 0.4) is 0 Å². The van der Waals surface area contributed by atoms with Gasteiger partial charge in [0.15, 0.2) is 5.75 Å². The molecule has 0 aliphatic heterocycles. The quantitative estimate of drug-likeness (QED) is 0.347. The van der Waals surface area contributed by atoms with Crippen LogP contribution < -0.4 is 13.1 Å². The number of carboxylic acid groups (broad SMARTS) is 1. The van der Waals surface area contributed by atoms with Gasteiger partial charge in [0.25, 0.3) is 0 Å². The highest BCUT2D eigenvalue weighted by atomic mass is 127. The van der Waals surface area contributed by atoms with Gasteiger partial charge in [-0.3, -0.25) is 4.68 Å². The van der Waals surface area contributed by atoms with Gasteiger partial charge in [-0.05, 0) is 13.0 Å². The molecule has 0 radical (unpaired) electrons. The van der Waals surface area contributed by atoms with Gasteiger partial charge in [0, 0.05) is 67.3 Å². The number of nitrogens with zero attached hydrogens (tertiary/aromatic N) is 2. The van der Waals surface area contributed by atoms with Crippen molar-refractivity contribution in [3.05, 3.63) is 35.2 Å². The predicted octanol–water partition coefficient (Wildman–Crippen LogP) is 4.76. The highest BCUT2D eigenvalue weighted by molar-refractivity contribution is 14.2. The Labute approximate surface area is 171 Å². The molecule has 0 saturated heterocycles. The van der Waals surface area contributed by atoms with Gasteiger partial charge < -0.3 is 18.2 Å². The number of benzene rings is 1. The van der Waals surface area contributed by atoms with E-state index in [0.29, 0.717) is 17.0 Å². The summed E-state index contributed by atoms with van der Waals surface area (Å²) in [5.41, 5.74) is 1.23. The molecule has 2 rings (SSSR count). The minimum Gasteiger partial charge on any atom is -0.486 e. The van der Waals surface area contributed by atoms with Gasteiger partial charge in [0.05, 0.1) is 5.69 Å². The topological polar surface area (TPSA) is 82.8 Å². The van der Waals surface area contributed by atoms with Crippen molar-refractivity contribution < 1.29 is 23.0 Å². The molecule has 0 saturated carbocycles. The Balaban J connectivity index is 2.45. The number of carbonyl (C=O) groups is 1. The zero-order valence-corrected chi connectivity index (χ0v) is 18.4. The second kappa shape index (κ2) is 9.24. The summed E-state index contributed by atoms with van der Waals surface area (Å²) >= 11 is 3.90. The largest absolute Gasteiger partial charge is 0.486 e. The van der Waals surface area contributed by atoms with Crippen LogP contribution in [0.15, 0.2) is 18.3 Å². The lowest BCUT2D eigenvalue weighted by Crippen LogP contribution is -2.08. The molecule has 1 N–H and O–H groups in total. The smallest absolute Gasteiger partial charge is 0.343 e. The SMILES string of the molecule is Cc1c(OSI)cc(OSI)c(C(=O)O)c1OCc1ccn(C)n1. The van der Waals surface area contributed by atoms with Crippen LogP contribution in [-0.4, -0.2) is 20.9 Å². The van der Waals surface area contributed by atoms with Crippen LogP contribution in [0.5, 0.6) is 17.2 Å². The maximum Gasteiger partial charge on any atom is 0.343 e. The first-order chi connectivity index (χ1) is 11.5. The second-order valence-corrected chi connectivity index (χ2v) is 7.31. The van der Waals surface area contributed by atoms with E-state index in [4.69, 9.17) is 13.1 Å². The summed E-state index contributed by atoms with van der Waals surface area (Å²) in [7, 11) is 3.94. The number of aromatic carboxylic acids is 1. The Kier molecular flexibility index (Phi) is 7.61. The van der Waals surface area contributed by atoms with Crippen LogP contribution >= 0.6 is 60.8 Å². The summed E-state index contributed by atoms with van der Waals surface area (Å²) in [5, 5.41) is 13.8. The van der Waals surface area contributed by atoms with E-state index in [-0.39, 0.29) is 23.7 Å². The number of hydrogen-bond acceptors (Lipinski definition) is 7. The van der Waals surface area contributed by atoms with Crippen LogP contribution in [-0.2, 0) is 13.7 Å². The molecule has 0 amide bonds. The van der Waals surface area contributed by atoms with E-state index in [2.05, 4.69) is 5.10 Å². The van der Waals surface area contributed by atoms with Crippen LogP contribution in [0, 0.1) is 6.92 Å². The van der Waals surface area contributed by atoms with Gasteiger partial charge in [-0.15, -0.1) is 0 Å². The van der Waals surface area contributed by atoms with Gasteiger partial charge in [-0.25, -0.2) is 4.79 Å². The zero-order chi connectivity index (χ0) is 17.7. The van der Waals surface area contributed by atoms with Crippen molar-refractivity contribution >= 4 is 66.8 Å². The van der Waals surface area contributed by atoms with Gasteiger partial charge in [0.2, 0.25) is 0 Å². The third-order valence-electron chi connectivity index (χ3n) is 3.04. The van der Waals surface area contributed by atoms with Crippen LogP contribution in [0.25, 0.3) is 0 Å². The Hall–Kier alpha value is -0.540.